The number of amides is 2. The summed E-state index contributed by atoms with van der Waals surface area (Å²) in [5.74, 6) is 1.79. The Bertz CT molecular complexity index is 1040. The molecule has 34 heavy (non-hydrogen) atoms. The second kappa shape index (κ2) is 10.0. The van der Waals surface area contributed by atoms with Crippen LogP contribution in [0.15, 0.2) is 42.5 Å². The summed E-state index contributed by atoms with van der Waals surface area (Å²) in [5.41, 5.74) is 3.14. The first-order valence-electron chi connectivity index (χ1n) is 12.0. The van der Waals surface area contributed by atoms with Crippen LogP contribution in [0.4, 0.5) is 0 Å². The molecule has 0 atom stereocenters. The van der Waals surface area contributed by atoms with Crippen molar-refractivity contribution in [3.05, 3.63) is 59.2 Å². The molecule has 3 aliphatic heterocycles. The van der Waals surface area contributed by atoms with E-state index in [2.05, 4.69) is 28.0 Å². The van der Waals surface area contributed by atoms with Gasteiger partial charge in [0.15, 0.2) is 11.5 Å². The number of ether oxygens (including phenoxy) is 2. The topological polar surface area (TPSA) is 65.6 Å². The molecule has 2 aromatic carbocycles. The molecule has 8 heteroatoms. The number of carbonyl (C=O) groups excluding carboxylic acids is 2. The molecule has 2 saturated heterocycles. The molecule has 0 spiro atoms. The number of rotatable bonds is 5. The lowest BCUT2D eigenvalue weighted by Crippen LogP contribution is -2.50. The zero-order chi connectivity index (χ0) is 23.5. The number of nitrogens with zero attached hydrogens (tertiary/aromatic N) is 4. The van der Waals surface area contributed by atoms with Gasteiger partial charge in [-0.2, -0.15) is 0 Å². The van der Waals surface area contributed by atoms with Crippen LogP contribution < -0.4 is 9.47 Å². The molecule has 2 aromatic rings. The molecule has 0 radical (unpaired) electrons. The van der Waals surface area contributed by atoms with Gasteiger partial charge in [0.05, 0.1) is 0 Å². The minimum Gasteiger partial charge on any atom is -0.454 e. The van der Waals surface area contributed by atoms with Gasteiger partial charge in [0.25, 0.3) is 5.91 Å². The summed E-state index contributed by atoms with van der Waals surface area (Å²) in [5, 5.41) is 0. The van der Waals surface area contributed by atoms with E-state index in [9.17, 15) is 9.59 Å². The number of piperazine rings is 2. The van der Waals surface area contributed by atoms with Crippen LogP contribution in [0.2, 0.25) is 0 Å². The summed E-state index contributed by atoms with van der Waals surface area (Å²) >= 11 is 0. The van der Waals surface area contributed by atoms with Crippen molar-refractivity contribution in [2.24, 2.45) is 0 Å². The van der Waals surface area contributed by atoms with Crippen LogP contribution in [-0.2, 0) is 17.9 Å². The minimum atomic E-state index is 0.0543. The van der Waals surface area contributed by atoms with Crippen LogP contribution in [0.3, 0.4) is 0 Å². The summed E-state index contributed by atoms with van der Waals surface area (Å²) < 4.78 is 10.9. The van der Waals surface area contributed by atoms with Gasteiger partial charge < -0.3 is 19.3 Å². The molecule has 180 valence electrons. The standard InChI is InChI=1S/C26H32N4O4/c1-20(31)29-11-13-30(14-12-29)26(32)23-4-2-3-21(15-23)17-27-7-9-28(10-8-27)18-22-5-6-24-25(16-22)34-19-33-24/h2-6,15-16H,7-14,17-19H2,1H3. The molecular formula is C26H32N4O4. The molecule has 3 heterocycles. The lowest BCUT2D eigenvalue weighted by molar-refractivity contribution is -0.130. The lowest BCUT2D eigenvalue weighted by atomic mass is 10.1. The van der Waals surface area contributed by atoms with Crippen LogP contribution >= 0.6 is 0 Å². The van der Waals surface area contributed by atoms with Gasteiger partial charge in [0, 0.05) is 77.9 Å². The van der Waals surface area contributed by atoms with Gasteiger partial charge in [-0.1, -0.05) is 18.2 Å². The molecular weight excluding hydrogens is 432 g/mol. The Hall–Kier alpha value is -3.10. The summed E-state index contributed by atoms with van der Waals surface area (Å²) in [7, 11) is 0. The zero-order valence-electron chi connectivity index (χ0n) is 19.7. The summed E-state index contributed by atoms with van der Waals surface area (Å²) in [6, 6.07) is 14.2. The quantitative estimate of drug-likeness (QED) is 0.675. The van der Waals surface area contributed by atoms with Gasteiger partial charge in [0.1, 0.15) is 0 Å². The molecule has 0 aliphatic carbocycles. The zero-order valence-corrected chi connectivity index (χ0v) is 19.7. The number of carbonyl (C=O) groups is 2. The number of fused-ring (bicyclic) bond motifs is 1. The Labute approximate surface area is 200 Å². The van der Waals surface area contributed by atoms with Crippen LogP contribution in [0.25, 0.3) is 0 Å². The van der Waals surface area contributed by atoms with Gasteiger partial charge in [-0.25, -0.2) is 0 Å². The molecule has 8 nitrogen and oxygen atoms in total. The van der Waals surface area contributed by atoms with E-state index in [0.717, 1.165) is 61.9 Å². The van der Waals surface area contributed by atoms with Gasteiger partial charge in [0.2, 0.25) is 12.7 Å². The smallest absolute Gasteiger partial charge is 0.253 e. The third-order valence-electron chi connectivity index (χ3n) is 6.90. The maximum atomic E-state index is 13.0. The Morgan fingerprint density at radius 2 is 1.35 bits per heavy atom. The Kier molecular flexibility index (Phi) is 6.69. The Morgan fingerprint density at radius 3 is 2.03 bits per heavy atom. The Balaban J connectivity index is 1.11. The molecule has 0 N–H and O–H groups in total. The summed E-state index contributed by atoms with van der Waals surface area (Å²) in [6.07, 6.45) is 0. The predicted molar refractivity (Wildman–Crippen MR) is 128 cm³/mol. The largest absolute Gasteiger partial charge is 0.454 e. The highest BCUT2D eigenvalue weighted by atomic mass is 16.7. The van der Waals surface area contributed by atoms with Crippen LogP contribution in [0.1, 0.15) is 28.4 Å². The molecule has 5 rings (SSSR count). The molecule has 0 bridgehead atoms. The van der Waals surface area contributed by atoms with E-state index in [-0.39, 0.29) is 11.8 Å². The van der Waals surface area contributed by atoms with Crippen LogP contribution in [0.5, 0.6) is 11.5 Å². The van der Waals surface area contributed by atoms with Crippen molar-refractivity contribution in [3.63, 3.8) is 0 Å². The number of hydrogen-bond donors (Lipinski definition) is 0. The van der Waals surface area contributed by atoms with Crippen molar-refractivity contribution < 1.29 is 19.1 Å². The van der Waals surface area contributed by atoms with E-state index in [1.165, 1.54) is 5.56 Å². The van der Waals surface area contributed by atoms with E-state index >= 15 is 0 Å². The fourth-order valence-corrected chi connectivity index (χ4v) is 4.87. The fourth-order valence-electron chi connectivity index (χ4n) is 4.87. The van der Waals surface area contributed by atoms with Crippen molar-refractivity contribution in [2.75, 3.05) is 59.2 Å². The van der Waals surface area contributed by atoms with E-state index in [1.807, 2.05) is 29.2 Å². The van der Waals surface area contributed by atoms with Crippen LogP contribution in [-0.4, -0.2) is 90.6 Å². The molecule has 0 unspecified atom stereocenters. The third-order valence-corrected chi connectivity index (χ3v) is 6.90. The highest BCUT2D eigenvalue weighted by Gasteiger charge is 2.24. The van der Waals surface area contributed by atoms with E-state index in [4.69, 9.17) is 9.47 Å². The second-order valence-corrected chi connectivity index (χ2v) is 9.24. The third kappa shape index (κ3) is 5.18. The monoisotopic (exact) mass is 464 g/mol. The summed E-state index contributed by atoms with van der Waals surface area (Å²) in [4.78, 5) is 33.1. The first-order valence-corrected chi connectivity index (χ1v) is 12.0. The van der Waals surface area contributed by atoms with E-state index in [1.54, 1.807) is 11.8 Å². The maximum Gasteiger partial charge on any atom is 0.253 e. The minimum absolute atomic E-state index is 0.0543. The number of hydrogen-bond acceptors (Lipinski definition) is 6. The molecule has 2 amide bonds. The molecule has 2 fully saturated rings. The van der Waals surface area contributed by atoms with Crippen molar-refractivity contribution in [1.29, 1.82) is 0 Å². The first-order chi connectivity index (χ1) is 16.5. The van der Waals surface area contributed by atoms with Crippen molar-refractivity contribution in [1.82, 2.24) is 19.6 Å². The average Bonchev–Trinajstić information content (AvgIpc) is 3.33. The SMILES string of the molecule is CC(=O)N1CCN(C(=O)c2cccc(CN3CCN(Cc4ccc5c(c4)OCO5)CC3)c2)CC1. The molecule has 0 aromatic heterocycles. The average molecular weight is 465 g/mol. The second-order valence-electron chi connectivity index (χ2n) is 9.24. The van der Waals surface area contributed by atoms with E-state index in [0.29, 0.717) is 33.0 Å². The van der Waals surface area contributed by atoms with E-state index < -0.39 is 0 Å². The highest BCUT2D eigenvalue weighted by molar-refractivity contribution is 5.94. The first kappa shape index (κ1) is 22.7. The maximum absolute atomic E-state index is 13.0. The van der Waals surface area contributed by atoms with Crippen LogP contribution in [0, 0.1) is 0 Å². The fraction of sp³-hybridized carbons (Fsp3) is 0.462. The summed E-state index contributed by atoms with van der Waals surface area (Å²) in [6.45, 7) is 10.0. The van der Waals surface area contributed by atoms with Gasteiger partial charge in [-0.3, -0.25) is 19.4 Å². The lowest BCUT2D eigenvalue weighted by Gasteiger charge is -2.35. The normalized spacial score (nSPS) is 18.9. The number of benzene rings is 2. The van der Waals surface area contributed by atoms with Gasteiger partial charge in [-0.15, -0.1) is 0 Å². The molecule has 0 saturated carbocycles. The van der Waals surface area contributed by atoms with Gasteiger partial charge in [-0.05, 0) is 35.4 Å². The van der Waals surface area contributed by atoms with Gasteiger partial charge >= 0.3 is 0 Å². The van der Waals surface area contributed by atoms with Crippen molar-refractivity contribution >= 4 is 11.8 Å². The molecule has 3 aliphatic rings. The van der Waals surface area contributed by atoms with Crippen molar-refractivity contribution in [2.45, 2.75) is 20.0 Å². The highest BCUT2D eigenvalue weighted by Crippen LogP contribution is 2.32. The predicted octanol–water partition coefficient (Wildman–Crippen LogP) is 2.04. The van der Waals surface area contributed by atoms with Crippen molar-refractivity contribution in [3.8, 4) is 11.5 Å². The Morgan fingerprint density at radius 1 is 0.735 bits per heavy atom.